The van der Waals surface area contributed by atoms with E-state index in [1.807, 2.05) is 6.20 Å². The average molecular weight is 572 g/mol. The zero-order valence-electron chi connectivity index (χ0n) is 23.1. The standard InChI is InChI=1S/C30H36ClF2N5O2/c1-29(2,3)14-19-11-22-24(15-30(6-4-7-30)40-27(22)36-16-19)35-17-25(39)23(37-26-5-8-34-28(31)38-26)12-18-9-20(32)13-21(33)10-18/h5,8-11,13,16,23-25,35,39H,4,6-7,12,14-15,17H2,1-3H3,(H,34,37,38)/t23-,24+,25+/m0/s1. The molecule has 5 rings (SSSR count). The first-order chi connectivity index (χ1) is 19.0. The number of pyridine rings is 1. The van der Waals surface area contributed by atoms with E-state index in [0.717, 1.165) is 49.3 Å². The molecule has 1 fully saturated rings. The van der Waals surface area contributed by atoms with Crippen LogP contribution < -0.4 is 15.4 Å². The molecule has 1 aliphatic heterocycles. The Morgan fingerprint density at radius 3 is 2.52 bits per heavy atom. The van der Waals surface area contributed by atoms with Crippen LogP contribution in [-0.2, 0) is 12.8 Å². The van der Waals surface area contributed by atoms with Crippen molar-refractivity contribution in [1.29, 1.82) is 0 Å². The van der Waals surface area contributed by atoms with Gasteiger partial charge in [-0.2, -0.15) is 0 Å². The van der Waals surface area contributed by atoms with E-state index >= 15 is 0 Å². The molecule has 2 aliphatic rings. The minimum atomic E-state index is -0.936. The van der Waals surface area contributed by atoms with Crippen LogP contribution in [0.5, 0.6) is 5.88 Å². The Hall–Kier alpha value is -2.88. The van der Waals surface area contributed by atoms with Crippen molar-refractivity contribution in [2.24, 2.45) is 5.41 Å². The van der Waals surface area contributed by atoms with Gasteiger partial charge in [-0.05, 0) is 84.5 Å². The number of nitrogens with one attached hydrogen (secondary N) is 2. The van der Waals surface area contributed by atoms with Crippen LogP contribution in [0.15, 0.2) is 42.7 Å². The molecular formula is C30H36ClF2N5O2. The van der Waals surface area contributed by atoms with Gasteiger partial charge < -0.3 is 20.5 Å². The van der Waals surface area contributed by atoms with Crippen molar-refractivity contribution >= 4 is 17.4 Å². The zero-order chi connectivity index (χ0) is 28.5. The molecule has 40 heavy (non-hydrogen) atoms. The highest BCUT2D eigenvalue weighted by Gasteiger charge is 2.46. The largest absolute Gasteiger partial charge is 0.471 e. The van der Waals surface area contributed by atoms with Crippen molar-refractivity contribution < 1.29 is 18.6 Å². The highest BCUT2D eigenvalue weighted by atomic mass is 35.5. The molecule has 1 aromatic carbocycles. The molecule has 214 valence electrons. The SMILES string of the molecule is CC(C)(C)Cc1cnc2c(c1)[C@H](NC[C@@H](O)[C@H](Cc1cc(F)cc(F)c1)Nc1ccnc(Cl)n1)CC1(CCC1)O2. The first-order valence-electron chi connectivity index (χ1n) is 13.8. The summed E-state index contributed by atoms with van der Waals surface area (Å²) in [7, 11) is 0. The van der Waals surface area contributed by atoms with Crippen LogP contribution >= 0.6 is 11.6 Å². The maximum absolute atomic E-state index is 13.9. The number of rotatable bonds is 9. The number of hydrogen-bond acceptors (Lipinski definition) is 7. The smallest absolute Gasteiger partial charge is 0.224 e. The number of ether oxygens (including phenoxy) is 1. The number of nitrogens with zero attached hydrogens (tertiary/aromatic N) is 3. The second-order valence-corrected chi connectivity index (χ2v) is 12.6. The van der Waals surface area contributed by atoms with Gasteiger partial charge >= 0.3 is 0 Å². The van der Waals surface area contributed by atoms with Gasteiger partial charge in [0.05, 0.1) is 12.1 Å². The zero-order valence-corrected chi connectivity index (χ0v) is 23.8. The van der Waals surface area contributed by atoms with Crippen molar-refractivity contribution in [1.82, 2.24) is 20.3 Å². The molecule has 0 amide bonds. The summed E-state index contributed by atoms with van der Waals surface area (Å²) in [6.45, 7) is 6.81. The van der Waals surface area contributed by atoms with Crippen molar-refractivity contribution in [3.63, 3.8) is 0 Å². The monoisotopic (exact) mass is 571 g/mol. The molecule has 0 unspecified atom stereocenters. The first-order valence-corrected chi connectivity index (χ1v) is 14.1. The highest BCUT2D eigenvalue weighted by molar-refractivity contribution is 6.28. The molecular weight excluding hydrogens is 536 g/mol. The summed E-state index contributed by atoms with van der Waals surface area (Å²) in [6, 6.07) is 6.47. The Morgan fingerprint density at radius 2 is 1.88 bits per heavy atom. The number of anilines is 1. The minimum absolute atomic E-state index is 0.0522. The molecule has 3 heterocycles. The molecule has 7 nitrogen and oxygen atoms in total. The molecule has 2 aromatic heterocycles. The van der Waals surface area contributed by atoms with Crippen molar-refractivity contribution in [3.8, 4) is 5.88 Å². The molecule has 3 N–H and O–H groups in total. The second-order valence-electron chi connectivity index (χ2n) is 12.3. The van der Waals surface area contributed by atoms with E-state index in [2.05, 4.69) is 47.4 Å². The van der Waals surface area contributed by atoms with Gasteiger partial charge in [-0.25, -0.2) is 23.7 Å². The van der Waals surface area contributed by atoms with Crippen LogP contribution in [0.25, 0.3) is 0 Å². The van der Waals surface area contributed by atoms with E-state index in [4.69, 9.17) is 21.3 Å². The molecule has 3 aromatic rings. The fourth-order valence-corrected chi connectivity index (χ4v) is 5.77. The van der Waals surface area contributed by atoms with Crippen LogP contribution in [0.1, 0.15) is 69.2 Å². The number of aliphatic hydroxyl groups excluding tert-OH is 1. The Bertz CT molecular complexity index is 1330. The number of fused-ring (bicyclic) bond motifs is 1. The first kappa shape index (κ1) is 28.6. The Labute approximate surface area is 238 Å². The summed E-state index contributed by atoms with van der Waals surface area (Å²) < 4.78 is 34.3. The maximum atomic E-state index is 13.9. The number of aromatic nitrogens is 3. The van der Waals surface area contributed by atoms with E-state index in [-0.39, 0.29) is 35.3 Å². The summed E-state index contributed by atoms with van der Waals surface area (Å²) in [5.74, 6) is -0.290. The normalized spacial score (nSPS) is 19.3. The third-order valence-electron chi connectivity index (χ3n) is 7.57. The third-order valence-corrected chi connectivity index (χ3v) is 7.76. The molecule has 1 saturated carbocycles. The van der Waals surface area contributed by atoms with Crippen LogP contribution in [0.2, 0.25) is 5.28 Å². The lowest BCUT2D eigenvalue weighted by molar-refractivity contribution is -0.0419. The van der Waals surface area contributed by atoms with Crippen LogP contribution in [0.4, 0.5) is 14.6 Å². The summed E-state index contributed by atoms with van der Waals surface area (Å²) in [6.07, 6.45) is 7.35. The summed E-state index contributed by atoms with van der Waals surface area (Å²) in [5.41, 5.74) is 2.42. The predicted octanol–water partition coefficient (Wildman–Crippen LogP) is 5.81. The number of aliphatic hydroxyl groups is 1. The molecule has 0 bridgehead atoms. The predicted molar refractivity (Wildman–Crippen MR) is 150 cm³/mol. The van der Waals surface area contributed by atoms with Crippen LogP contribution in [-0.4, -0.2) is 44.4 Å². The summed E-state index contributed by atoms with van der Waals surface area (Å²) >= 11 is 5.96. The van der Waals surface area contributed by atoms with Gasteiger partial charge in [0.2, 0.25) is 11.2 Å². The summed E-state index contributed by atoms with van der Waals surface area (Å²) in [5, 5.41) is 18.2. The molecule has 1 aliphatic carbocycles. The number of halogens is 3. The fraction of sp³-hybridized carbons (Fsp3) is 0.500. The van der Waals surface area contributed by atoms with Crippen molar-refractivity contribution in [2.75, 3.05) is 11.9 Å². The lowest BCUT2D eigenvalue weighted by Crippen LogP contribution is -2.51. The van der Waals surface area contributed by atoms with Gasteiger partial charge in [0.25, 0.3) is 0 Å². The lowest BCUT2D eigenvalue weighted by Gasteiger charge is -2.47. The van der Waals surface area contributed by atoms with Crippen LogP contribution in [0, 0.1) is 17.0 Å². The quantitative estimate of drug-likeness (QED) is 0.279. The van der Waals surface area contributed by atoms with Gasteiger partial charge in [0, 0.05) is 43.0 Å². The second kappa shape index (κ2) is 11.5. The van der Waals surface area contributed by atoms with Crippen molar-refractivity contribution in [3.05, 3.63) is 76.3 Å². The molecule has 0 saturated heterocycles. The topological polar surface area (TPSA) is 92.2 Å². The average Bonchev–Trinajstić information content (AvgIpc) is 2.84. The lowest BCUT2D eigenvalue weighted by atomic mass is 9.73. The summed E-state index contributed by atoms with van der Waals surface area (Å²) in [4.78, 5) is 12.8. The van der Waals surface area contributed by atoms with E-state index in [0.29, 0.717) is 17.3 Å². The molecule has 1 spiro atoms. The van der Waals surface area contributed by atoms with E-state index in [1.54, 1.807) is 6.07 Å². The minimum Gasteiger partial charge on any atom is -0.471 e. The maximum Gasteiger partial charge on any atom is 0.224 e. The number of benzene rings is 1. The highest BCUT2D eigenvalue weighted by Crippen LogP contribution is 2.48. The van der Waals surface area contributed by atoms with E-state index in [9.17, 15) is 13.9 Å². The van der Waals surface area contributed by atoms with Crippen LogP contribution in [0.3, 0.4) is 0 Å². The van der Waals surface area contributed by atoms with Gasteiger partial charge in [0.15, 0.2) is 0 Å². The molecule has 10 heteroatoms. The Kier molecular flexibility index (Phi) is 8.27. The third kappa shape index (κ3) is 7.06. The van der Waals surface area contributed by atoms with E-state index in [1.165, 1.54) is 18.3 Å². The molecule has 3 atom stereocenters. The van der Waals surface area contributed by atoms with Gasteiger partial charge in [-0.15, -0.1) is 0 Å². The van der Waals surface area contributed by atoms with Gasteiger partial charge in [-0.1, -0.05) is 20.8 Å². The van der Waals surface area contributed by atoms with Gasteiger partial charge in [0.1, 0.15) is 23.1 Å². The fourth-order valence-electron chi connectivity index (χ4n) is 5.62. The van der Waals surface area contributed by atoms with Gasteiger partial charge in [-0.3, -0.25) is 0 Å². The Balaban J connectivity index is 1.36. The van der Waals surface area contributed by atoms with Crippen molar-refractivity contribution in [2.45, 2.75) is 83.1 Å². The number of hydrogen-bond donors (Lipinski definition) is 3. The molecule has 0 radical (unpaired) electrons. The Morgan fingerprint density at radius 1 is 1.12 bits per heavy atom. The van der Waals surface area contributed by atoms with E-state index < -0.39 is 23.8 Å².